The predicted molar refractivity (Wildman–Crippen MR) is 115 cm³/mol. The lowest BCUT2D eigenvalue weighted by Crippen LogP contribution is -2.47. The van der Waals surface area contributed by atoms with E-state index in [1.807, 2.05) is 36.4 Å². The minimum Gasteiger partial charge on any atom is -0.360 e. The summed E-state index contributed by atoms with van der Waals surface area (Å²) in [5.74, 6) is -0.901. The highest BCUT2D eigenvalue weighted by Gasteiger charge is 2.66. The summed E-state index contributed by atoms with van der Waals surface area (Å²) in [6, 6.07) is 7.80. The third kappa shape index (κ3) is 3.46. The summed E-state index contributed by atoms with van der Waals surface area (Å²) in [6.45, 7) is 0.914. The molecule has 6 heteroatoms. The van der Waals surface area contributed by atoms with Gasteiger partial charge in [-0.15, -0.1) is 0 Å². The van der Waals surface area contributed by atoms with Gasteiger partial charge >= 0.3 is 0 Å². The summed E-state index contributed by atoms with van der Waals surface area (Å²) >= 11 is 6.31. The fourth-order valence-corrected chi connectivity index (χ4v) is 5.94. The van der Waals surface area contributed by atoms with Gasteiger partial charge in [-0.05, 0) is 24.5 Å². The molecule has 1 N–H and O–H groups in total. The lowest BCUT2D eigenvalue weighted by Gasteiger charge is -2.27. The molecule has 0 aromatic heterocycles. The molecule has 5 nitrogen and oxygen atoms in total. The SMILES string of the molecule is O=C(NC1CCCCCCC1)[C@@H]1[C@H]2C=C[C@]3(CN(Cc4ccccc4Cl)C(=O)[C@@H]13)O2. The summed E-state index contributed by atoms with van der Waals surface area (Å²) in [6.07, 6.45) is 11.8. The first-order chi connectivity index (χ1) is 14.6. The van der Waals surface area contributed by atoms with E-state index < -0.39 is 17.4 Å². The maximum Gasteiger partial charge on any atom is 0.230 e. The number of hydrogen-bond donors (Lipinski definition) is 1. The Labute approximate surface area is 182 Å². The van der Waals surface area contributed by atoms with Crippen molar-refractivity contribution < 1.29 is 14.3 Å². The Bertz CT molecular complexity index is 864. The van der Waals surface area contributed by atoms with Gasteiger partial charge in [0.25, 0.3) is 0 Å². The molecule has 1 saturated carbocycles. The van der Waals surface area contributed by atoms with Crippen molar-refractivity contribution in [2.75, 3.05) is 6.54 Å². The summed E-state index contributed by atoms with van der Waals surface area (Å²) in [7, 11) is 0. The Morgan fingerprint density at radius 3 is 2.67 bits per heavy atom. The van der Waals surface area contributed by atoms with E-state index in [0.29, 0.717) is 18.1 Å². The highest BCUT2D eigenvalue weighted by atomic mass is 35.5. The fraction of sp³-hybridized carbons (Fsp3) is 0.583. The second-order valence-corrected chi connectivity index (χ2v) is 9.64. The zero-order valence-corrected chi connectivity index (χ0v) is 17.9. The topological polar surface area (TPSA) is 58.6 Å². The maximum absolute atomic E-state index is 13.4. The Morgan fingerprint density at radius 1 is 1.17 bits per heavy atom. The summed E-state index contributed by atoms with van der Waals surface area (Å²) < 4.78 is 6.25. The van der Waals surface area contributed by atoms with Gasteiger partial charge < -0.3 is 15.0 Å². The van der Waals surface area contributed by atoms with Gasteiger partial charge in [-0.25, -0.2) is 0 Å². The molecule has 1 aliphatic carbocycles. The highest BCUT2D eigenvalue weighted by molar-refractivity contribution is 6.31. The molecule has 4 aliphatic rings. The van der Waals surface area contributed by atoms with Crippen molar-refractivity contribution in [2.24, 2.45) is 11.8 Å². The van der Waals surface area contributed by atoms with Crippen molar-refractivity contribution in [3.8, 4) is 0 Å². The quantitative estimate of drug-likeness (QED) is 0.741. The van der Waals surface area contributed by atoms with Crippen LogP contribution < -0.4 is 5.32 Å². The number of ether oxygens (including phenoxy) is 1. The molecule has 0 radical (unpaired) electrons. The Balaban J connectivity index is 1.32. The lowest BCUT2D eigenvalue weighted by molar-refractivity contribution is -0.138. The number of carbonyl (C=O) groups excluding carboxylic acids is 2. The van der Waals surface area contributed by atoms with Gasteiger partial charge in [0.15, 0.2) is 0 Å². The molecular weight excluding hydrogens is 400 g/mol. The van der Waals surface area contributed by atoms with E-state index in [2.05, 4.69) is 5.32 Å². The van der Waals surface area contributed by atoms with Crippen LogP contribution in [0.5, 0.6) is 0 Å². The van der Waals surface area contributed by atoms with Gasteiger partial charge in [-0.2, -0.15) is 0 Å². The summed E-state index contributed by atoms with van der Waals surface area (Å²) in [5, 5.41) is 3.92. The van der Waals surface area contributed by atoms with Gasteiger partial charge in [0.2, 0.25) is 11.8 Å². The molecule has 3 heterocycles. The van der Waals surface area contributed by atoms with Crippen LogP contribution >= 0.6 is 11.6 Å². The van der Waals surface area contributed by atoms with Crippen molar-refractivity contribution in [3.63, 3.8) is 0 Å². The van der Waals surface area contributed by atoms with E-state index >= 15 is 0 Å². The van der Waals surface area contributed by atoms with Crippen LogP contribution in [0.4, 0.5) is 0 Å². The van der Waals surface area contributed by atoms with Crippen LogP contribution in [0.1, 0.15) is 50.5 Å². The van der Waals surface area contributed by atoms with Gasteiger partial charge in [0, 0.05) is 17.6 Å². The normalized spacial score (nSPS) is 33.4. The van der Waals surface area contributed by atoms with Gasteiger partial charge in [-0.3, -0.25) is 9.59 Å². The summed E-state index contributed by atoms with van der Waals surface area (Å²) in [5.41, 5.74) is 0.240. The van der Waals surface area contributed by atoms with Crippen LogP contribution in [-0.4, -0.2) is 41.0 Å². The Hall–Kier alpha value is -1.85. The average molecular weight is 429 g/mol. The van der Waals surface area contributed by atoms with Crippen LogP contribution in [0.15, 0.2) is 36.4 Å². The zero-order chi connectivity index (χ0) is 20.7. The molecule has 0 unspecified atom stereocenters. The predicted octanol–water partition coefficient (Wildman–Crippen LogP) is 3.85. The number of carbonyl (C=O) groups is 2. The molecular formula is C24H29ClN2O3. The minimum atomic E-state index is -0.675. The maximum atomic E-state index is 13.4. The number of nitrogens with one attached hydrogen (secondary N) is 1. The van der Waals surface area contributed by atoms with Crippen molar-refractivity contribution >= 4 is 23.4 Å². The van der Waals surface area contributed by atoms with Crippen molar-refractivity contribution in [3.05, 3.63) is 47.0 Å². The molecule has 5 rings (SSSR count). The van der Waals surface area contributed by atoms with E-state index in [1.54, 1.807) is 4.90 Å². The van der Waals surface area contributed by atoms with Crippen LogP contribution in [-0.2, 0) is 20.9 Å². The molecule has 3 aliphatic heterocycles. The van der Waals surface area contributed by atoms with Crippen molar-refractivity contribution in [1.82, 2.24) is 10.2 Å². The molecule has 2 saturated heterocycles. The largest absolute Gasteiger partial charge is 0.360 e. The average Bonchev–Trinajstić information content (AvgIpc) is 3.34. The molecule has 4 atom stereocenters. The number of halogens is 1. The van der Waals surface area contributed by atoms with Crippen LogP contribution in [0.25, 0.3) is 0 Å². The van der Waals surface area contributed by atoms with Gasteiger partial charge in [0.05, 0.1) is 24.5 Å². The van der Waals surface area contributed by atoms with Crippen molar-refractivity contribution in [1.29, 1.82) is 0 Å². The third-order valence-corrected chi connectivity index (χ3v) is 7.62. The first-order valence-corrected chi connectivity index (χ1v) is 11.6. The van der Waals surface area contributed by atoms with Gasteiger partial charge in [0.1, 0.15) is 5.60 Å². The standard InChI is InChI=1S/C24H29ClN2O3/c25-18-11-7-6-8-16(18)14-27-15-24-13-12-19(30-24)20(21(24)23(27)29)22(28)26-17-9-4-2-1-3-5-10-17/h6-8,11-13,17,19-21H,1-5,9-10,14-15H2,(H,26,28)/t19-,20-,21-,24-/m1/s1. The van der Waals surface area contributed by atoms with Crippen LogP contribution in [0.2, 0.25) is 5.02 Å². The zero-order valence-electron chi connectivity index (χ0n) is 17.2. The number of rotatable bonds is 4. The van der Waals surface area contributed by atoms with E-state index in [9.17, 15) is 9.59 Å². The second kappa shape index (κ2) is 8.01. The van der Waals surface area contributed by atoms with E-state index in [1.165, 1.54) is 19.3 Å². The Kier molecular flexibility index (Phi) is 5.36. The summed E-state index contributed by atoms with van der Waals surface area (Å²) in [4.78, 5) is 28.5. The molecule has 2 amide bonds. The molecule has 160 valence electrons. The van der Waals surface area contributed by atoms with E-state index in [-0.39, 0.29) is 24.0 Å². The highest BCUT2D eigenvalue weighted by Crippen LogP contribution is 2.52. The molecule has 1 aromatic carbocycles. The lowest BCUT2D eigenvalue weighted by atomic mass is 9.76. The number of benzene rings is 1. The fourth-order valence-electron chi connectivity index (χ4n) is 5.74. The number of hydrogen-bond acceptors (Lipinski definition) is 3. The molecule has 3 fully saturated rings. The molecule has 30 heavy (non-hydrogen) atoms. The molecule has 1 spiro atoms. The van der Waals surface area contributed by atoms with E-state index in [0.717, 1.165) is 31.2 Å². The number of nitrogens with zero attached hydrogens (tertiary/aromatic N) is 1. The number of fused-ring (bicyclic) bond motifs is 1. The van der Waals surface area contributed by atoms with Crippen molar-refractivity contribution in [2.45, 2.75) is 69.2 Å². The molecule has 2 bridgehead atoms. The monoisotopic (exact) mass is 428 g/mol. The first kappa shape index (κ1) is 20.1. The third-order valence-electron chi connectivity index (χ3n) is 7.25. The Morgan fingerprint density at radius 2 is 1.90 bits per heavy atom. The number of amides is 2. The second-order valence-electron chi connectivity index (χ2n) is 9.24. The minimum absolute atomic E-state index is 0.000383. The van der Waals surface area contributed by atoms with Gasteiger partial charge in [-0.1, -0.05) is 74.1 Å². The van der Waals surface area contributed by atoms with Crippen LogP contribution in [0.3, 0.4) is 0 Å². The van der Waals surface area contributed by atoms with E-state index in [4.69, 9.17) is 16.3 Å². The first-order valence-electron chi connectivity index (χ1n) is 11.3. The smallest absolute Gasteiger partial charge is 0.230 e. The number of likely N-dealkylation sites (tertiary alicyclic amines) is 1. The van der Waals surface area contributed by atoms with Crippen LogP contribution in [0, 0.1) is 11.8 Å². The molecule has 1 aromatic rings.